The zero-order chi connectivity index (χ0) is 20.1. The molecule has 2 aromatic rings. The van der Waals surface area contributed by atoms with Crippen LogP contribution in [0.3, 0.4) is 0 Å². The Morgan fingerprint density at radius 1 is 1.25 bits per heavy atom. The number of aliphatic hydroxyl groups is 1. The van der Waals surface area contributed by atoms with E-state index in [2.05, 4.69) is 4.57 Å². The highest BCUT2D eigenvalue weighted by Crippen LogP contribution is 2.41. The van der Waals surface area contributed by atoms with Gasteiger partial charge < -0.3 is 19.3 Å². The monoisotopic (exact) mass is 386 g/mol. The molecule has 1 aromatic heterocycles. The average molecular weight is 386 g/mol. The first kappa shape index (κ1) is 19.2. The highest BCUT2D eigenvalue weighted by atomic mass is 19.1. The summed E-state index contributed by atoms with van der Waals surface area (Å²) in [6, 6.07) is 8.36. The van der Waals surface area contributed by atoms with Gasteiger partial charge in [0.2, 0.25) is 0 Å². The second kappa shape index (κ2) is 6.71. The first-order valence-corrected chi connectivity index (χ1v) is 9.81. The van der Waals surface area contributed by atoms with E-state index in [9.17, 15) is 14.3 Å². The number of ether oxygens (including phenoxy) is 1. The number of aryl methyl sites for hydroxylation is 1. The molecule has 1 atom stereocenters. The summed E-state index contributed by atoms with van der Waals surface area (Å²) in [7, 11) is 0. The van der Waals surface area contributed by atoms with Crippen LogP contribution >= 0.6 is 0 Å². The van der Waals surface area contributed by atoms with Crippen LogP contribution in [-0.4, -0.2) is 51.4 Å². The van der Waals surface area contributed by atoms with Gasteiger partial charge >= 0.3 is 0 Å². The van der Waals surface area contributed by atoms with Gasteiger partial charge in [0.05, 0.1) is 30.9 Å². The van der Waals surface area contributed by atoms with Crippen molar-refractivity contribution in [1.29, 1.82) is 0 Å². The van der Waals surface area contributed by atoms with E-state index in [4.69, 9.17) is 4.74 Å². The van der Waals surface area contributed by atoms with Gasteiger partial charge in [-0.25, -0.2) is 4.39 Å². The van der Waals surface area contributed by atoms with Crippen LogP contribution < -0.4 is 0 Å². The van der Waals surface area contributed by atoms with E-state index in [1.165, 1.54) is 12.1 Å². The number of rotatable bonds is 4. The molecule has 1 aromatic carbocycles. The number of benzene rings is 1. The number of aromatic nitrogens is 1. The Morgan fingerprint density at radius 3 is 2.54 bits per heavy atom. The van der Waals surface area contributed by atoms with Crippen molar-refractivity contribution in [1.82, 2.24) is 9.47 Å². The molecule has 6 heteroatoms. The predicted molar refractivity (Wildman–Crippen MR) is 104 cm³/mol. The molecule has 1 unspecified atom stereocenters. The molecule has 28 heavy (non-hydrogen) atoms. The van der Waals surface area contributed by atoms with Crippen molar-refractivity contribution in [3.05, 3.63) is 58.7 Å². The van der Waals surface area contributed by atoms with Crippen molar-refractivity contribution in [2.24, 2.45) is 0 Å². The lowest BCUT2D eigenvalue weighted by atomic mass is 9.83. The second-order valence-electron chi connectivity index (χ2n) is 8.38. The molecule has 3 heterocycles. The maximum atomic E-state index is 13.1. The molecule has 2 aliphatic rings. The summed E-state index contributed by atoms with van der Waals surface area (Å²) in [5.41, 5.74) is 2.43. The molecule has 2 aliphatic heterocycles. The molecule has 2 fully saturated rings. The van der Waals surface area contributed by atoms with Crippen molar-refractivity contribution >= 4 is 5.91 Å². The first-order chi connectivity index (χ1) is 13.2. The summed E-state index contributed by atoms with van der Waals surface area (Å²) in [6.45, 7) is 7.87. The van der Waals surface area contributed by atoms with E-state index in [-0.39, 0.29) is 17.3 Å². The fraction of sp³-hybridized carbons (Fsp3) is 0.500. The fourth-order valence-corrected chi connectivity index (χ4v) is 4.42. The molecule has 2 saturated heterocycles. The van der Waals surface area contributed by atoms with Crippen molar-refractivity contribution in [3.8, 4) is 0 Å². The van der Waals surface area contributed by atoms with E-state index in [0.29, 0.717) is 44.6 Å². The number of carbonyl (C=O) groups excluding carboxylic acids is 1. The molecule has 150 valence electrons. The van der Waals surface area contributed by atoms with Gasteiger partial charge in [0.25, 0.3) is 5.91 Å². The highest BCUT2D eigenvalue weighted by Gasteiger charge is 2.55. The molecule has 4 rings (SSSR count). The van der Waals surface area contributed by atoms with E-state index in [1.807, 2.05) is 26.8 Å². The van der Waals surface area contributed by atoms with Gasteiger partial charge in [0, 0.05) is 24.4 Å². The Kier molecular flexibility index (Phi) is 4.59. The summed E-state index contributed by atoms with van der Waals surface area (Å²) in [4.78, 5) is 14.8. The number of likely N-dealkylation sites (tertiary alicyclic amines) is 1. The van der Waals surface area contributed by atoms with Gasteiger partial charge in [0.15, 0.2) is 0 Å². The topological polar surface area (TPSA) is 54.7 Å². The molecule has 5 nitrogen and oxygen atoms in total. The lowest BCUT2D eigenvalue weighted by Gasteiger charge is -2.47. The molecule has 0 bridgehead atoms. The van der Waals surface area contributed by atoms with Gasteiger partial charge in [-0.2, -0.15) is 0 Å². The van der Waals surface area contributed by atoms with Crippen LogP contribution in [0.1, 0.15) is 47.1 Å². The molecule has 0 radical (unpaired) electrons. The number of halogens is 1. The number of amides is 1. The van der Waals surface area contributed by atoms with E-state index in [1.54, 1.807) is 17.0 Å². The SMILES string of the molecule is CCC1(O)COC2(CN(C(=O)c3cc(C)n(Cc4ccc(F)cc4)c3C)C2)C1. The van der Waals surface area contributed by atoms with E-state index in [0.717, 1.165) is 17.0 Å². The Bertz CT molecular complexity index is 899. The maximum absolute atomic E-state index is 13.1. The molecule has 0 saturated carbocycles. The van der Waals surface area contributed by atoms with Gasteiger partial charge in [-0.1, -0.05) is 19.1 Å². The summed E-state index contributed by atoms with van der Waals surface area (Å²) in [6.07, 6.45) is 1.25. The standard InChI is InChI=1S/C22H27FN2O3/c1-4-21(27)11-22(28-14-21)12-24(13-22)20(26)19-9-15(2)25(16(19)3)10-17-5-7-18(23)8-6-17/h5-9,27H,4,10-14H2,1-3H3. The Hall–Kier alpha value is -2.18. The van der Waals surface area contributed by atoms with E-state index < -0.39 is 5.60 Å². The summed E-state index contributed by atoms with van der Waals surface area (Å²) < 4.78 is 21.1. The maximum Gasteiger partial charge on any atom is 0.255 e. The molecular weight excluding hydrogens is 359 g/mol. The van der Waals surface area contributed by atoms with Gasteiger partial charge in [-0.15, -0.1) is 0 Å². The minimum atomic E-state index is -0.764. The number of carbonyl (C=O) groups is 1. The highest BCUT2D eigenvalue weighted by molar-refractivity contribution is 5.96. The molecule has 1 N–H and O–H groups in total. The smallest absolute Gasteiger partial charge is 0.255 e. The van der Waals surface area contributed by atoms with Crippen LogP contribution in [0.4, 0.5) is 4.39 Å². The first-order valence-electron chi connectivity index (χ1n) is 9.81. The largest absolute Gasteiger partial charge is 0.387 e. The summed E-state index contributed by atoms with van der Waals surface area (Å²) >= 11 is 0. The van der Waals surface area contributed by atoms with Crippen molar-refractivity contribution in [2.75, 3.05) is 19.7 Å². The van der Waals surface area contributed by atoms with Crippen molar-refractivity contribution in [2.45, 2.75) is 51.4 Å². The van der Waals surface area contributed by atoms with Gasteiger partial charge in [-0.05, 0) is 44.0 Å². The van der Waals surface area contributed by atoms with Crippen LogP contribution in [0.15, 0.2) is 30.3 Å². The van der Waals surface area contributed by atoms with Crippen LogP contribution in [0.5, 0.6) is 0 Å². The van der Waals surface area contributed by atoms with Crippen molar-refractivity contribution < 1.29 is 19.0 Å². The normalized spacial score (nSPS) is 23.2. The molecular formula is C22H27FN2O3. The predicted octanol–water partition coefficient (Wildman–Crippen LogP) is 3.05. The van der Waals surface area contributed by atoms with E-state index >= 15 is 0 Å². The quantitative estimate of drug-likeness (QED) is 0.879. The minimum Gasteiger partial charge on any atom is -0.387 e. The fourth-order valence-electron chi connectivity index (χ4n) is 4.42. The Morgan fingerprint density at radius 2 is 1.93 bits per heavy atom. The van der Waals surface area contributed by atoms with Crippen LogP contribution in [0, 0.1) is 19.7 Å². The minimum absolute atomic E-state index is 0.000352. The third-order valence-electron chi connectivity index (χ3n) is 6.26. The Labute approximate surface area is 164 Å². The van der Waals surface area contributed by atoms with Gasteiger partial charge in [-0.3, -0.25) is 4.79 Å². The molecule has 1 amide bonds. The second-order valence-corrected chi connectivity index (χ2v) is 8.38. The molecule has 1 spiro atoms. The van der Waals surface area contributed by atoms with Crippen molar-refractivity contribution in [3.63, 3.8) is 0 Å². The lowest BCUT2D eigenvalue weighted by Crippen LogP contribution is -2.63. The summed E-state index contributed by atoms with van der Waals surface area (Å²) in [5.74, 6) is -0.254. The third kappa shape index (κ3) is 3.25. The zero-order valence-electron chi connectivity index (χ0n) is 16.7. The van der Waals surface area contributed by atoms with Crippen LogP contribution in [0.2, 0.25) is 0 Å². The number of hydrogen-bond donors (Lipinski definition) is 1. The van der Waals surface area contributed by atoms with Crippen LogP contribution in [-0.2, 0) is 11.3 Å². The lowest BCUT2D eigenvalue weighted by molar-refractivity contribution is -0.0956. The average Bonchev–Trinajstić information content (AvgIpc) is 3.15. The number of nitrogens with zero attached hydrogens (tertiary/aromatic N) is 2. The Balaban J connectivity index is 1.47. The third-order valence-corrected chi connectivity index (χ3v) is 6.26. The van der Waals surface area contributed by atoms with Crippen LogP contribution in [0.25, 0.3) is 0 Å². The van der Waals surface area contributed by atoms with Gasteiger partial charge in [0.1, 0.15) is 11.4 Å². The zero-order valence-corrected chi connectivity index (χ0v) is 16.7. The summed E-state index contributed by atoms with van der Waals surface area (Å²) in [5, 5.41) is 10.4. The number of hydrogen-bond acceptors (Lipinski definition) is 3. The molecule has 0 aliphatic carbocycles.